The molecule has 2 saturated heterocycles. The molecule has 0 spiro atoms. The van der Waals surface area contributed by atoms with Gasteiger partial charge in [0.25, 0.3) is 5.91 Å². The molecular weight excluding hydrogens is 296 g/mol. The summed E-state index contributed by atoms with van der Waals surface area (Å²) in [6.45, 7) is 6.22. The lowest BCUT2D eigenvalue weighted by Gasteiger charge is -2.39. The van der Waals surface area contributed by atoms with E-state index in [-0.39, 0.29) is 17.9 Å². The minimum Gasteiger partial charge on any atom is -0.444 e. The van der Waals surface area contributed by atoms with Crippen molar-refractivity contribution in [1.82, 2.24) is 20.1 Å². The van der Waals surface area contributed by atoms with Gasteiger partial charge in [0.15, 0.2) is 0 Å². The third kappa shape index (κ3) is 2.85. The number of likely N-dealkylation sites (tertiary alicyclic amines) is 1. The Morgan fingerprint density at radius 2 is 2.26 bits per heavy atom. The highest BCUT2D eigenvalue weighted by Gasteiger charge is 2.51. The van der Waals surface area contributed by atoms with Crippen molar-refractivity contribution in [3.8, 4) is 0 Å². The lowest BCUT2D eigenvalue weighted by atomic mass is 9.80. The van der Waals surface area contributed by atoms with Crippen LogP contribution < -0.4 is 5.32 Å². The maximum absolute atomic E-state index is 12.4. The number of aromatic nitrogens is 1. The lowest BCUT2D eigenvalue weighted by Crippen LogP contribution is -2.55. The molecule has 126 valence electrons. The zero-order valence-corrected chi connectivity index (χ0v) is 14.0. The topological polar surface area (TPSA) is 78.7 Å². The van der Waals surface area contributed by atoms with Gasteiger partial charge in [0, 0.05) is 25.9 Å². The quantitative estimate of drug-likeness (QED) is 0.848. The Morgan fingerprint density at radius 1 is 1.48 bits per heavy atom. The van der Waals surface area contributed by atoms with Crippen molar-refractivity contribution in [1.29, 1.82) is 0 Å². The highest BCUT2D eigenvalue weighted by atomic mass is 16.4. The third-order valence-electron chi connectivity index (χ3n) is 5.05. The summed E-state index contributed by atoms with van der Waals surface area (Å²) >= 11 is 0. The zero-order chi connectivity index (χ0) is 16.6. The number of likely N-dealkylation sites (N-methyl/N-ethyl adjacent to an activating group) is 1. The van der Waals surface area contributed by atoms with E-state index in [1.54, 1.807) is 6.20 Å². The number of amides is 3. The predicted molar refractivity (Wildman–Crippen MR) is 83.6 cm³/mol. The van der Waals surface area contributed by atoms with Gasteiger partial charge < -0.3 is 9.73 Å². The molecule has 7 nitrogen and oxygen atoms in total. The molecule has 2 fully saturated rings. The zero-order valence-electron chi connectivity index (χ0n) is 14.0. The molecule has 2 aliphatic rings. The molecule has 0 aromatic carbocycles. The molecule has 2 atom stereocenters. The van der Waals surface area contributed by atoms with Crippen molar-refractivity contribution in [2.75, 3.05) is 20.1 Å². The summed E-state index contributed by atoms with van der Waals surface area (Å²) in [6.07, 6.45) is 4.53. The minimum absolute atomic E-state index is 0.0956. The first-order valence-corrected chi connectivity index (χ1v) is 8.20. The first kappa shape index (κ1) is 16.0. The molecule has 0 saturated carbocycles. The Kier molecular flexibility index (Phi) is 4.14. The van der Waals surface area contributed by atoms with Crippen molar-refractivity contribution >= 4 is 11.9 Å². The van der Waals surface area contributed by atoms with Crippen LogP contribution in [0.25, 0.3) is 0 Å². The Bertz CT molecular complexity index is 614. The van der Waals surface area contributed by atoms with E-state index >= 15 is 0 Å². The fourth-order valence-electron chi connectivity index (χ4n) is 3.52. The van der Waals surface area contributed by atoms with E-state index in [4.69, 9.17) is 4.42 Å². The molecule has 3 rings (SSSR count). The molecule has 7 heteroatoms. The van der Waals surface area contributed by atoms with Crippen LogP contribution in [0, 0.1) is 5.92 Å². The van der Waals surface area contributed by atoms with Crippen LogP contribution >= 0.6 is 0 Å². The maximum Gasteiger partial charge on any atom is 0.324 e. The molecule has 1 aromatic rings. The molecule has 0 bridgehead atoms. The molecule has 3 heterocycles. The van der Waals surface area contributed by atoms with Crippen molar-refractivity contribution in [2.24, 2.45) is 5.92 Å². The van der Waals surface area contributed by atoms with Crippen LogP contribution in [0.1, 0.15) is 38.3 Å². The van der Waals surface area contributed by atoms with Gasteiger partial charge in [-0.15, -0.1) is 0 Å². The summed E-state index contributed by atoms with van der Waals surface area (Å²) in [5, 5.41) is 2.87. The van der Waals surface area contributed by atoms with Crippen molar-refractivity contribution in [3.05, 3.63) is 17.8 Å². The number of aryl methyl sites for hydroxylation is 1. The van der Waals surface area contributed by atoms with Crippen LogP contribution in [0.15, 0.2) is 10.6 Å². The van der Waals surface area contributed by atoms with Gasteiger partial charge in [0.05, 0.1) is 12.7 Å². The van der Waals surface area contributed by atoms with E-state index in [9.17, 15) is 9.59 Å². The van der Waals surface area contributed by atoms with E-state index in [1.165, 1.54) is 11.9 Å². The summed E-state index contributed by atoms with van der Waals surface area (Å²) < 4.78 is 5.68. The number of piperidine rings is 1. The highest BCUT2D eigenvalue weighted by molar-refractivity contribution is 6.06. The van der Waals surface area contributed by atoms with Gasteiger partial charge in [0.1, 0.15) is 11.3 Å². The number of nitrogens with zero attached hydrogens (tertiary/aromatic N) is 3. The second-order valence-electron chi connectivity index (χ2n) is 6.64. The van der Waals surface area contributed by atoms with Gasteiger partial charge in [0.2, 0.25) is 5.89 Å². The van der Waals surface area contributed by atoms with E-state index in [0.717, 1.165) is 38.1 Å². The summed E-state index contributed by atoms with van der Waals surface area (Å²) in [4.78, 5) is 32.0. The molecule has 2 aliphatic heterocycles. The third-order valence-corrected chi connectivity index (χ3v) is 5.05. The first-order chi connectivity index (χ1) is 10.9. The van der Waals surface area contributed by atoms with Crippen LogP contribution in [0.4, 0.5) is 4.79 Å². The summed E-state index contributed by atoms with van der Waals surface area (Å²) in [7, 11) is 1.53. The van der Waals surface area contributed by atoms with Gasteiger partial charge in [-0.2, -0.15) is 0 Å². The fourth-order valence-corrected chi connectivity index (χ4v) is 3.52. The van der Waals surface area contributed by atoms with Crippen LogP contribution in [-0.4, -0.2) is 52.4 Å². The van der Waals surface area contributed by atoms with Crippen molar-refractivity contribution in [2.45, 2.75) is 45.2 Å². The fraction of sp³-hybridized carbons (Fsp3) is 0.688. The van der Waals surface area contributed by atoms with Gasteiger partial charge >= 0.3 is 6.03 Å². The average molecular weight is 320 g/mol. The van der Waals surface area contributed by atoms with Gasteiger partial charge in [-0.3, -0.25) is 14.6 Å². The first-order valence-electron chi connectivity index (χ1n) is 8.20. The number of urea groups is 1. The van der Waals surface area contributed by atoms with E-state index in [1.807, 2.05) is 13.8 Å². The van der Waals surface area contributed by atoms with Gasteiger partial charge in [-0.1, -0.05) is 6.92 Å². The minimum atomic E-state index is -0.810. The standard InChI is InChI=1S/C16H24N4O3/c1-4-12-8-17-13(23-12)10-20-7-5-6-11(9-20)16(2)14(21)19(3)15(22)18-16/h8,11H,4-7,9-10H2,1-3H3,(H,18,22)/t11-,16+/m0/s1. The smallest absolute Gasteiger partial charge is 0.324 e. The van der Waals surface area contributed by atoms with Gasteiger partial charge in [-0.05, 0) is 26.3 Å². The van der Waals surface area contributed by atoms with Crippen LogP contribution in [-0.2, 0) is 17.8 Å². The average Bonchev–Trinajstić information content (AvgIpc) is 3.07. The maximum atomic E-state index is 12.4. The molecule has 1 aromatic heterocycles. The Labute approximate surface area is 136 Å². The van der Waals surface area contributed by atoms with Gasteiger partial charge in [-0.25, -0.2) is 9.78 Å². The lowest BCUT2D eigenvalue weighted by molar-refractivity contribution is -0.132. The highest BCUT2D eigenvalue weighted by Crippen LogP contribution is 2.32. The number of nitrogens with one attached hydrogen (secondary N) is 1. The number of hydrogen-bond acceptors (Lipinski definition) is 5. The second kappa shape index (κ2) is 5.96. The molecule has 23 heavy (non-hydrogen) atoms. The Morgan fingerprint density at radius 3 is 2.87 bits per heavy atom. The molecule has 3 amide bonds. The van der Waals surface area contributed by atoms with Crippen molar-refractivity contribution < 1.29 is 14.0 Å². The number of carbonyl (C=O) groups is 2. The molecular formula is C16H24N4O3. The Hall–Kier alpha value is -1.89. The predicted octanol–water partition coefficient (Wildman–Crippen LogP) is 1.39. The monoisotopic (exact) mass is 320 g/mol. The second-order valence-corrected chi connectivity index (χ2v) is 6.64. The van der Waals surface area contributed by atoms with E-state index in [0.29, 0.717) is 12.4 Å². The largest absolute Gasteiger partial charge is 0.444 e. The normalized spacial score (nSPS) is 29.2. The number of hydrogen-bond donors (Lipinski definition) is 1. The van der Waals surface area contributed by atoms with E-state index in [2.05, 4.69) is 15.2 Å². The number of carbonyl (C=O) groups excluding carboxylic acids is 2. The molecule has 0 unspecified atom stereocenters. The van der Waals surface area contributed by atoms with Crippen LogP contribution in [0.3, 0.4) is 0 Å². The number of imide groups is 1. The summed E-state index contributed by atoms with van der Waals surface area (Å²) in [6, 6.07) is -0.310. The molecule has 1 N–H and O–H groups in total. The molecule has 0 radical (unpaired) electrons. The van der Waals surface area contributed by atoms with E-state index < -0.39 is 5.54 Å². The summed E-state index contributed by atoms with van der Waals surface area (Å²) in [5.74, 6) is 1.56. The summed E-state index contributed by atoms with van der Waals surface area (Å²) in [5.41, 5.74) is -0.810. The molecule has 0 aliphatic carbocycles. The van der Waals surface area contributed by atoms with Crippen LogP contribution in [0.5, 0.6) is 0 Å². The SMILES string of the molecule is CCc1cnc(CN2CCC[C@H]([C@@]3(C)NC(=O)N(C)C3=O)C2)o1. The number of oxazole rings is 1. The Balaban J connectivity index is 1.68. The van der Waals surface area contributed by atoms with Crippen LogP contribution in [0.2, 0.25) is 0 Å². The van der Waals surface area contributed by atoms with Crippen molar-refractivity contribution in [3.63, 3.8) is 0 Å². The number of rotatable bonds is 4.